The molecule has 5 nitrogen and oxygen atoms in total. The Morgan fingerprint density at radius 1 is 1.12 bits per heavy atom. The minimum Gasteiger partial charge on any atom is -0.336 e. The first-order valence-corrected chi connectivity index (χ1v) is 6.40. The molecule has 0 bridgehead atoms. The number of likely N-dealkylation sites (tertiary alicyclic amines) is 1. The number of hydrogen-bond acceptors (Lipinski definition) is 3. The maximum atomic E-state index is 11.6. The largest absolute Gasteiger partial charge is 0.336 e. The number of carbonyl (C=O) groups is 2. The molecule has 1 fully saturated rings. The molecule has 1 aliphatic rings. The van der Waals surface area contributed by atoms with E-state index in [1.807, 2.05) is 13.8 Å². The number of nitrogens with zero attached hydrogens (tertiary/aromatic N) is 1. The summed E-state index contributed by atoms with van der Waals surface area (Å²) in [5, 5.41) is 4.98. The summed E-state index contributed by atoms with van der Waals surface area (Å²) in [5.41, 5.74) is 0. The van der Waals surface area contributed by atoms with E-state index in [1.165, 1.54) is 12.8 Å². The summed E-state index contributed by atoms with van der Waals surface area (Å²) in [6.45, 7) is 5.96. The smallest absolute Gasteiger partial charge is 0.321 e. The van der Waals surface area contributed by atoms with Gasteiger partial charge in [0.1, 0.15) is 0 Å². The van der Waals surface area contributed by atoms with E-state index in [0.29, 0.717) is 6.54 Å². The van der Waals surface area contributed by atoms with Gasteiger partial charge >= 0.3 is 6.03 Å². The Balaban J connectivity index is 2.25. The molecular formula is C12H23N3O2. The summed E-state index contributed by atoms with van der Waals surface area (Å²) in [6, 6.07) is -0.360. The molecule has 3 amide bonds. The van der Waals surface area contributed by atoms with Crippen molar-refractivity contribution in [2.24, 2.45) is 0 Å². The molecule has 1 rings (SSSR count). The molecule has 0 saturated carbocycles. The topological polar surface area (TPSA) is 61.4 Å². The van der Waals surface area contributed by atoms with Crippen LogP contribution in [-0.4, -0.2) is 42.5 Å². The van der Waals surface area contributed by atoms with Crippen LogP contribution in [0.25, 0.3) is 0 Å². The van der Waals surface area contributed by atoms with Crippen LogP contribution in [0.5, 0.6) is 0 Å². The Hall–Kier alpha value is -1.10. The van der Waals surface area contributed by atoms with Gasteiger partial charge in [-0.05, 0) is 39.8 Å². The molecule has 5 heteroatoms. The van der Waals surface area contributed by atoms with Crippen LogP contribution >= 0.6 is 0 Å². The van der Waals surface area contributed by atoms with Gasteiger partial charge in [-0.2, -0.15) is 0 Å². The Kier molecular flexibility index (Phi) is 5.97. The van der Waals surface area contributed by atoms with Crippen molar-refractivity contribution in [3.63, 3.8) is 0 Å². The molecule has 0 aromatic rings. The van der Waals surface area contributed by atoms with Gasteiger partial charge in [0.05, 0.1) is 6.54 Å². The van der Waals surface area contributed by atoms with Crippen LogP contribution < -0.4 is 10.6 Å². The first-order valence-electron chi connectivity index (χ1n) is 6.40. The molecule has 0 aliphatic carbocycles. The van der Waals surface area contributed by atoms with Gasteiger partial charge in [-0.1, -0.05) is 12.8 Å². The highest BCUT2D eigenvalue weighted by atomic mass is 16.2. The predicted octanol–water partition coefficient (Wildman–Crippen LogP) is 1.10. The van der Waals surface area contributed by atoms with Gasteiger partial charge in [0, 0.05) is 6.04 Å². The molecule has 0 aromatic carbocycles. The maximum absolute atomic E-state index is 11.6. The van der Waals surface area contributed by atoms with Crippen molar-refractivity contribution in [2.75, 3.05) is 19.6 Å². The molecule has 0 spiro atoms. The second-order valence-corrected chi connectivity index (χ2v) is 4.87. The summed E-state index contributed by atoms with van der Waals surface area (Å²) in [6.07, 6.45) is 4.77. The zero-order valence-electron chi connectivity index (χ0n) is 10.8. The molecule has 0 radical (unpaired) electrons. The highest BCUT2D eigenvalue weighted by molar-refractivity contribution is 5.95. The third-order valence-electron chi connectivity index (χ3n) is 2.74. The molecule has 1 saturated heterocycles. The lowest BCUT2D eigenvalue weighted by atomic mass is 10.2. The summed E-state index contributed by atoms with van der Waals surface area (Å²) < 4.78 is 0. The van der Waals surface area contributed by atoms with Crippen LogP contribution in [0.2, 0.25) is 0 Å². The number of rotatable bonds is 3. The predicted molar refractivity (Wildman–Crippen MR) is 66.7 cm³/mol. The fourth-order valence-electron chi connectivity index (χ4n) is 1.96. The van der Waals surface area contributed by atoms with Crippen LogP contribution in [0.1, 0.15) is 39.5 Å². The van der Waals surface area contributed by atoms with Crippen molar-refractivity contribution in [1.29, 1.82) is 0 Å². The normalized spacial score (nSPS) is 17.6. The molecule has 0 unspecified atom stereocenters. The number of imide groups is 1. The third-order valence-corrected chi connectivity index (χ3v) is 2.74. The number of nitrogens with one attached hydrogen (secondary N) is 2. The van der Waals surface area contributed by atoms with Crippen molar-refractivity contribution in [3.8, 4) is 0 Å². The fourth-order valence-corrected chi connectivity index (χ4v) is 1.96. The molecule has 0 atom stereocenters. The number of urea groups is 1. The van der Waals surface area contributed by atoms with Crippen LogP contribution in [0.3, 0.4) is 0 Å². The zero-order chi connectivity index (χ0) is 12.7. The second kappa shape index (κ2) is 7.27. The standard InChI is InChI=1S/C12H23N3O2/c1-10(2)13-12(17)14-11(16)9-15-7-5-3-4-6-8-15/h10H,3-9H2,1-2H3,(H2,13,14,16,17). The van der Waals surface area contributed by atoms with E-state index in [4.69, 9.17) is 0 Å². The molecule has 1 heterocycles. The Labute approximate surface area is 103 Å². The maximum Gasteiger partial charge on any atom is 0.321 e. The summed E-state index contributed by atoms with van der Waals surface area (Å²) in [4.78, 5) is 25.0. The summed E-state index contributed by atoms with van der Waals surface area (Å²) in [5.74, 6) is -0.218. The number of hydrogen-bond donors (Lipinski definition) is 2. The van der Waals surface area contributed by atoms with E-state index in [-0.39, 0.29) is 11.9 Å². The highest BCUT2D eigenvalue weighted by Crippen LogP contribution is 2.08. The van der Waals surface area contributed by atoms with Gasteiger partial charge in [0.25, 0.3) is 0 Å². The van der Waals surface area contributed by atoms with Crippen molar-refractivity contribution in [3.05, 3.63) is 0 Å². The van der Waals surface area contributed by atoms with Gasteiger partial charge in [0.15, 0.2) is 0 Å². The average Bonchev–Trinajstić information content (AvgIpc) is 2.44. The minimum atomic E-state index is -0.403. The fraction of sp³-hybridized carbons (Fsp3) is 0.833. The third kappa shape index (κ3) is 6.26. The van der Waals surface area contributed by atoms with Gasteiger partial charge in [-0.25, -0.2) is 4.79 Å². The monoisotopic (exact) mass is 241 g/mol. The van der Waals surface area contributed by atoms with Gasteiger partial charge < -0.3 is 5.32 Å². The van der Waals surface area contributed by atoms with Crippen LogP contribution in [0.4, 0.5) is 4.79 Å². The van der Waals surface area contributed by atoms with Crippen molar-refractivity contribution >= 4 is 11.9 Å². The summed E-state index contributed by atoms with van der Waals surface area (Å²) in [7, 11) is 0. The van der Waals surface area contributed by atoms with Crippen molar-refractivity contribution in [1.82, 2.24) is 15.5 Å². The van der Waals surface area contributed by atoms with E-state index in [0.717, 1.165) is 25.9 Å². The summed E-state index contributed by atoms with van der Waals surface area (Å²) >= 11 is 0. The Morgan fingerprint density at radius 3 is 2.24 bits per heavy atom. The Bertz CT molecular complexity index is 258. The minimum absolute atomic E-state index is 0.0426. The van der Waals surface area contributed by atoms with Crippen LogP contribution in [0, 0.1) is 0 Å². The lowest BCUT2D eigenvalue weighted by molar-refractivity contribution is -0.121. The zero-order valence-corrected chi connectivity index (χ0v) is 10.8. The first kappa shape index (κ1) is 14.0. The molecule has 98 valence electrons. The van der Waals surface area contributed by atoms with E-state index >= 15 is 0 Å². The first-order chi connectivity index (χ1) is 8.08. The SMILES string of the molecule is CC(C)NC(=O)NC(=O)CN1CCCCCC1. The van der Waals surface area contributed by atoms with E-state index in [9.17, 15) is 9.59 Å². The highest BCUT2D eigenvalue weighted by Gasteiger charge is 2.14. The Morgan fingerprint density at radius 2 is 1.71 bits per heavy atom. The molecule has 2 N–H and O–H groups in total. The van der Waals surface area contributed by atoms with E-state index in [1.54, 1.807) is 0 Å². The average molecular weight is 241 g/mol. The second-order valence-electron chi connectivity index (χ2n) is 4.87. The lowest BCUT2D eigenvalue weighted by Gasteiger charge is -2.18. The lowest BCUT2D eigenvalue weighted by Crippen LogP contribution is -2.46. The van der Waals surface area contributed by atoms with Gasteiger partial charge in [0.2, 0.25) is 5.91 Å². The molecule has 1 aliphatic heterocycles. The van der Waals surface area contributed by atoms with E-state index in [2.05, 4.69) is 15.5 Å². The quantitative estimate of drug-likeness (QED) is 0.777. The van der Waals surface area contributed by atoms with Crippen LogP contribution in [0.15, 0.2) is 0 Å². The van der Waals surface area contributed by atoms with Crippen molar-refractivity contribution in [2.45, 2.75) is 45.6 Å². The molecule has 0 aromatic heterocycles. The van der Waals surface area contributed by atoms with Crippen LogP contribution in [-0.2, 0) is 4.79 Å². The molecular weight excluding hydrogens is 218 g/mol. The van der Waals surface area contributed by atoms with Gasteiger partial charge in [-0.15, -0.1) is 0 Å². The molecule has 17 heavy (non-hydrogen) atoms. The van der Waals surface area contributed by atoms with E-state index < -0.39 is 6.03 Å². The number of carbonyl (C=O) groups excluding carboxylic acids is 2. The number of amides is 3. The van der Waals surface area contributed by atoms with Crippen molar-refractivity contribution < 1.29 is 9.59 Å². The van der Waals surface area contributed by atoms with Gasteiger partial charge in [-0.3, -0.25) is 15.0 Å².